The van der Waals surface area contributed by atoms with Gasteiger partial charge in [0.2, 0.25) is 0 Å². The first-order chi connectivity index (χ1) is 9.65. The highest BCUT2D eigenvalue weighted by Gasteiger charge is 2.28. The van der Waals surface area contributed by atoms with Crippen molar-refractivity contribution in [1.82, 2.24) is 9.80 Å². The number of hydrogen-bond donors (Lipinski definition) is 1. The number of aliphatic hydroxyl groups excluding tert-OH is 1. The first-order valence-electron chi connectivity index (χ1n) is 8.41. The summed E-state index contributed by atoms with van der Waals surface area (Å²) >= 11 is 0. The van der Waals surface area contributed by atoms with Crippen LogP contribution in [0.25, 0.3) is 0 Å². The van der Waals surface area contributed by atoms with Crippen LogP contribution < -0.4 is 0 Å². The number of β-amino-alcohol motifs (C(OH)–C–C–N with tert-alkyl or cyclic N) is 1. The second-order valence-electron chi connectivity index (χ2n) is 6.69. The Morgan fingerprint density at radius 1 is 1.10 bits per heavy atom. The normalized spacial score (nSPS) is 27.3. The molecule has 2 fully saturated rings. The molecule has 0 aromatic rings. The minimum Gasteiger partial charge on any atom is -0.389 e. The Morgan fingerprint density at radius 2 is 1.85 bits per heavy atom. The standard InChI is InChI=1S/C16H32N2O2/c1-14(2)20-13-16(19)12-18-10-6-7-15(18)11-17-8-4-3-5-9-17/h14-16,19H,3-13H2,1-2H3. The molecule has 2 aliphatic heterocycles. The van der Waals surface area contributed by atoms with E-state index in [9.17, 15) is 5.11 Å². The smallest absolute Gasteiger partial charge is 0.0900 e. The van der Waals surface area contributed by atoms with E-state index in [0.717, 1.165) is 13.1 Å². The number of nitrogens with zero attached hydrogens (tertiary/aromatic N) is 2. The van der Waals surface area contributed by atoms with Gasteiger partial charge in [-0.25, -0.2) is 0 Å². The van der Waals surface area contributed by atoms with Gasteiger partial charge >= 0.3 is 0 Å². The van der Waals surface area contributed by atoms with Crippen LogP contribution in [0.15, 0.2) is 0 Å². The summed E-state index contributed by atoms with van der Waals surface area (Å²) < 4.78 is 5.51. The number of likely N-dealkylation sites (tertiary alicyclic amines) is 2. The molecule has 4 nitrogen and oxygen atoms in total. The van der Waals surface area contributed by atoms with Gasteiger partial charge in [-0.2, -0.15) is 0 Å². The molecule has 2 unspecified atom stereocenters. The van der Waals surface area contributed by atoms with Crippen LogP contribution >= 0.6 is 0 Å². The molecule has 0 aromatic carbocycles. The predicted molar refractivity (Wildman–Crippen MR) is 82.0 cm³/mol. The van der Waals surface area contributed by atoms with Crippen molar-refractivity contribution in [3.63, 3.8) is 0 Å². The van der Waals surface area contributed by atoms with Crippen LogP contribution in [-0.4, -0.2) is 72.5 Å². The summed E-state index contributed by atoms with van der Waals surface area (Å²) in [5.74, 6) is 0. The second kappa shape index (κ2) is 8.32. The van der Waals surface area contributed by atoms with Gasteiger partial charge in [0.25, 0.3) is 0 Å². The topological polar surface area (TPSA) is 35.9 Å². The summed E-state index contributed by atoms with van der Waals surface area (Å²) in [7, 11) is 0. The van der Waals surface area contributed by atoms with E-state index in [0.29, 0.717) is 12.6 Å². The monoisotopic (exact) mass is 284 g/mol. The third-order valence-electron chi connectivity index (χ3n) is 4.48. The van der Waals surface area contributed by atoms with Crippen LogP contribution in [0.4, 0.5) is 0 Å². The molecule has 0 spiro atoms. The summed E-state index contributed by atoms with van der Waals surface area (Å²) in [6.07, 6.45) is 6.53. The van der Waals surface area contributed by atoms with Gasteiger partial charge in [0.15, 0.2) is 0 Å². The lowest BCUT2D eigenvalue weighted by Gasteiger charge is -2.33. The number of ether oxygens (including phenoxy) is 1. The van der Waals surface area contributed by atoms with Crippen LogP contribution in [0, 0.1) is 0 Å². The van der Waals surface area contributed by atoms with Crippen LogP contribution in [-0.2, 0) is 4.74 Å². The van der Waals surface area contributed by atoms with E-state index in [4.69, 9.17) is 4.74 Å². The second-order valence-corrected chi connectivity index (χ2v) is 6.69. The van der Waals surface area contributed by atoms with Gasteiger partial charge in [0.05, 0.1) is 18.8 Å². The first-order valence-corrected chi connectivity index (χ1v) is 8.41. The molecule has 4 heteroatoms. The van der Waals surface area contributed by atoms with Gasteiger partial charge in [-0.1, -0.05) is 6.42 Å². The molecular formula is C16H32N2O2. The molecule has 2 heterocycles. The summed E-state index contributed by atoms with van der Waals surface area (Å²) in [6, 6.07) is 0.641. The van der Waals surface area contributed by atoms with Crippen molar-refractivity contribution in [1.29, 1.82) is 0 Å². The van der Waals surface area contributed by atoms with Crippen molar-refractivity contribution in [2.24, 2.45) is 0 Å². The average molecular weight is 284 g/mol. The molecule has 20 heavy (non-hydrogen) atoms. The van der Waals surface area contributed by atoms with E-state index in [-0.39, 0.29) is 12.2 Å². The molecule has 0 bridgehead atoms. The molecule has 0 aromatic heterocycles. The Kier molecular flexibility index (Phi) is 6.75. The fourth-order valence-corrected chi connectivity index (χ4v) is 3.41. The van der Waals surface area contributed by atoms with Crippen molar-refractivity contribution >= 4 is 0 Å². The van der Waals surface area contributed by atoms with Crippen LogP contribution in [0.3, 0.4) is 0 Å². The summed E-state index contributed by atoms with van der Waals surface area (Å²) in [4.78, 5) is 5.09. The van der Waals surface area contributed by atoms with E-state index in [2.05, 4.69) is 9.80 Å². The average Bonchev–Trinajstić information content (AvgIpc) is 2.85. The van der Waals surface area contributed by atoms with Gasteiger partial charge < -0.3 is 14.7 Å². The summed E-state index contributed by atoms with van der Waals surface area (Å²) in [5.41, 5.74) is 0. The van der Waals surface area contributed by atoms with Crippen LogP contribution in [0.1, 0.15) is 46.0 Å². The lowest BCUT2D eigenvalue weighted by Crippen LogP contribution is -2.45. The maximum Gasteiger partial charge on any atom is 0.0900 e. The molecule has 0 aliphatic carbocycles. The van der Waals surface area contributed by atoms with E-state index >= 15 is 0 Å². The van der Waals surface area contributed by atoms with Crippen LogP contribution in [0.2, 0.25) is 0 Å². The number of aliphatic hydroxyl groups is 1. The Balaban J connectivity index is 1.72. The lowest BCUT2D eigenvalue weighted by molar-refractivity contribution is -0.0118. The highest BCUT2D eigenvalue weighted by molar-refractivity contribution is 4.84. The van der Waals surface area contributed by atoms with Gasteiger partial charge in [-0.3, -0.25) is 4.90 Å². The summed E-state index contributed by atoms with van der Waals surface area (Å²) in [6.45, 7) is 10.1. The van der Waals surface area contributed by atoms with E-state index < -0.39 is 0 Å². The molecule has 1 N–H and O–H groups in total. The molecule has 0 amide bonds. The fourth-order valence-electron chi connectivity index (χ4n) is 3.41. The zero-order valence-electron chi connectivity index (χ0n) is 13.3. The molecule has 2 saturated heterocycles. The molecule has 2 atom stereocenters. The maximum absolute atomic E-state index is 10.1. The zero-order valence-corrected chi connectivity index (χ0v) is 13.3. The third kappa shape index (κ3) is 5.32. The molecular weight excluding hydrogens is 252 g/mol. The largest absolute Gasteiger partial charge is 0.389 e. The van der Waals surface area contributed by atoms with Crippen LogP contribution in [0.5, 0.6) is 0 Å². The van der Waals surface area contributed by atoms with Crippen molar-refractivity contribution in [2.75, 3.05) is 39.3 Å². The molecule has 0 radical (unpaired) electrons. The number of rotatable bonds is 7. The molecule has 0 saturated carbocycles. The third-order valence-corrected chi connectivity index (χ3v) is 4.48. The fraction of sp³-hybridized carbons (Fsp3) is 1.00. The van der Waals surface area contributed by atoms with Crippen molar-refractivity contribution in [2.45, 2.75) is 64.2 Å². The maximum atomic E-state index is 10.1. The van der Waals surface area contributed by atoms with Gasteiger partial charge in [-0.15, -0.1) is 0 Å². The van der Waals surface area contributed by atoms with E-state index in [1.807, 2.05) is 13.8 Å². The zero-order chi connectivity index (χ0) is 14.4. The van der Waals surface area contributed by atoms with Gasteiger partial charge in [0, 0.05) is 19.1 Å². The van der Waals surface area contributed by atoms with Gasteiger partial charge in [0.1, 0.15) is 0 Å². The highest BCUT2D eigenvalue weighted by atomic mass is 16.5. The number of piperidine rings is 1. The summed E-state index contributed by atoms with van der Waals surface area (Å²) in [5, 5.41) is 10.1. The van der Waals surface area contributed by atoms with E-state index in [1.165, 1.54) is 51.7 Å². The van der Waals surface area contributed by atoms with Crippen molar-refractivity contribution < 1.29 is 9.84 Å². The number of hydrogen-bond acceptors (Lipinski definition) is 4. The van der Waals surface area contributed by atoms with Crippen molar-refractivity contribution in [3.8, 4) is 0 Å². The Labute approximate surface area is 124 Å². The van der Waals surface area contributed by atoms with Crippen molar-refractivity contribution in [3.05, 3.63) is 0 Å². The predicted octanol–water partition coefficient (Wildman–Crippen LogP) is 1.72. The minimum atomic E-state index is -0.348. The molecule has 2 aliphatic rings. The quantitative estimate of drug-likeness (QED) is 0.772. The first kappa shape index (κ1) is 16.2. The minimum absolute atomic E-state index is 0.201. The molecule has 2 rings (SSSR count). The highest BCUT2D eigenvalue weighted by Crippen LogP contribution is 2.20. The Hall–Kier alpha value is -0.160. The lowest BCUT2D eigenvalue weighted by atomic mass is 10.1. The SMILES string of the molecule is CC(C)OCC(O)CN1CCCC1CN1CCCCC1. The Bertz CT molecular complexity index is 267. The van der Waals surface area contributed by atoms with Gasteiger partial charge in [-0.05, 0) is 59.2 Å². The van der Waals surface area contributed by atoms with E-state index in [1.54, 1.807) is 0 Å². The molecule has 118 valence electrons. The Morgan fingerprint density at radius 3 is 2.55 bits per heavy atom.